The second-order valence-corrected chi connectivity index (χ2v) is 11.5. The summed E-state index contributed by atoms with van der Waals surface area (Å²) in [4.78, 5) is 15.3. The van der Waals surface area contributed by atoms with Crippen LogP contribution in [0.3, 0.4) is 0 Å². The molecule has 4 N–H and O–H groups in total. The second-order valence-electron chi connectivity index (χ2n) is 11.5. The third-order valence-corrected chi connectivity index (χ3v) is 8.44. The van der Waals surface area contributed by atoms with Gasteiger partial charge in [0.05, 0.1) is 62.6 Å². The van der Waals surface area contributed by atoms with Gasteiger partial charge in [0.1, 0.15) is 28.2 Å². The van der Waals surface area contributed by atoms with Crippen molar-refractivity contribution >= 4 is 22.4 Å². The van der Waals surface area contributed by atoms with E-state index in [2.05, 4.69) is 30.5 Å². The van der Waals surface area contributed by atoms with Crippen LogP contribution < -0.4 is 25.8 Å². The first-order valence-corrected chi connectivity index (χ1v) is 14.7. The second kappa shape index (κ2) is 12.3. The summed E-state index contributed by atoms with van der Waals surface area (Å²) in [6.07, 6.45) is -4.43. The van der Waals surface area contributed by atoms with E-state index in [0.29, 0.717) is 45.8 Å². The van der Waals surface area contributed by atoms with Crippen LogP contribution in [0.25, 0.3) is 22.2 Å². The molecule has 3 aromatic rings. The van der Waals surface area contributed by atoms with E-state index in [-0.39, 0.29) is 47.4 Å². The highest BCUT2D eigenvalue weighted by atomic mass is 19.4. The molecular weight excluding hydrogens is 605 g/mol. The predicted octanol–water partition coefficient (Wildman–Crippen LogP) is 3.88. The highest BCUT2D eigenvalue weighted by Crippen LogP contribution is 2.45. The van der Waals surface area contributed by atoms with Crippen LogP contribution in [-0.4, -0.2) is 90.8 Å². The predicted molar refractivity (Wildman–Crippen MR) is 154 cm³/mol. The number of aromatic nitrogens is 3. The van der Waals surface area contributed by atoms with Crippen molar-refractivity contribution in [2.75, 3.05) is 70.4 Å². The molecule has 0 amide bonds. The Morgan fingerprint density at radius 3 is 2.56 bits per heavy atom. The van der Waals surface area contributed by atoms with Crippen LogP contribution in [0.1, 0.15) is 30.9 Å². The number of hydrogen-bond donors (Lipinski definition) is 3. The Labute approximate surface area is 255 Å². The van der Waals surface area contributed by atoms with Crippen molar-refractivity contribution in [3.8, 4) is 23.1 Å². The molecule has 16 heteroatoms. The van der Waals surface area contributed by atoms with E-state index < -0.39 is 52.0 Å². The molecule has 2 fully saturated rings. The monoisotopic (exact) mass is 639 g/mol. The number of ether oxygens (including phenoxy) is 4. The molecule has 3 aliphatic heterocycles. The lowest BCUT2D eigenvalue weighted by Crippen LogP contribution is -2.65. The molecule has 1 atom stereocenters. The number of nitrogens with one attached hydrogen (secondary N) is 2. The van der Waals surface area contributed by atoms with Crippen LogP contribution in [-0.2, 0) is 15.7 Å². The van der Waals surface area contributed by atoms with Gasteiger partial charge in [-0.1, -0.05) is 0 Å². The molecule has 2 aromatic heterocycles. The lowest BCUT2D eigenvalue weighted by Gasteiger charge is -2.50. The van der Waals surface area contributed by atoms with E-state index in [1.807, 2.05) is 0 Å². The number of nitrogens with two attached hydrogens (primary N) is 1. The van der Waals surface area contributed by atoms with E-state index in [1.165, 1.54) is 0 Å². The zero-order chi connectivity index (χ0) is 31.9. The largest absolute Gasteiger partial charge is 0.474 e. The highest BCUT2D eigenvalue weighted by molar-refractivity contribution is 5.96. The maximum Gasteiger partial charge on any atom is 0.417 e. The van der Waals surface area contributed by atoms with Gasteiger partial charge in [0.25, 0.3) is 0 Å². The van der Waals surface area contributed by atoms with Gasteiger partial charge in [0.15, 0.2) is 5.82 Å². The molecule has 0 unspecified atom stereocenters. The number of benzene rings is 1. The maximum atomic E-state index is 16.5. The van der Waals surface area contributed by atoms with Crippen molar-refractivity contribution in [3.05, 3.63) is 28.8 Å². The van der Waals surface area contributed by atoms with Gasteiger partial charge in [0, 0.05) is 31.6 Å². The molecule has 6 rings (SSSR count). The topological polar surface area (TPSA) is 129 Å². The molecule has 0 saturated carbocycles. The number of rotatable bonds is 6. The van der Waals surface area contributed by atoms with E-state index in [9.17, 15) is 17.6 Å². The summed E-state index contributed by atoms with van der Waals surface area (Å²) in [5, 5.41) is 6.26. The Bertz CT molecular complexity index is 1580. The maximum absolute atomic E-state index is 16.5. The number of nitrogens with zero attached hydrogens (tertiary/aromatic N) is 4. The fourth-order valence-corrected chi connectivity index (χ4v) is 5.93. The lowest BCUT2D eigenvalue weighted by molar-refractivity contribution is -0.166. The van der Waals surface area contributed by atoms with Gasteiger partial charge in [-0.05, 0) is 31.9 Å². The third kappa shape index (κ3) is 6.03. The van der Waals surface area contributed by atoms with Gasteiger partial charge in [-0.15, -0.1) is 0 Å². The van der Waals surface area contributed by atoms with E-state index in [1.54, 1.807) is 6.92 Å². The molecule has 2 saturated heterocycles. The smallest absolute Gasteiger partial charge is 0.417 e. The number of nitrogen functional groups attached to an aromatic ring is 1. The van der Waals surface area contributed by atoms with Crippen molar-refractivity contribution in [2.45, 2.75) is 44.5 Å². The fourth-order valence-electron chi connectivity index (χ4n) is 5.93. The van der Waals surface area contributed by atoms with E-state index in [4.69, 9.17) is 24.7 Å². The van der Waals surface area contributed by atoms with Crippen LogP contribution in [0, 0.1) is 18.6 Å². The van der Waals surface area contributed by atoms with Crippen molar-refractivity contribution < 1.29 is 40.9 Å². The standard InChI is InChI=1S/C29H34F5N7O4/c1-15-3-5-36-14-37-25-19-24(39-27(40-25)44-8-4-28(12-43-13-28)41-6-9-42-10-7-41)22(31)23(38-26(19)45-15)17-11-18(35)21(30)16(2)20(17)29(32,33)34/h11,15,36H,3-10,12-14,35H2,1-2H3,(H,37,39,40)/t15-/m0/s1. The van der Waals surface area contributed by atoms with Crippen LogP contribution >= 0.6 is 0 Å². The lowest BCUT2D eigenvalue weighted by atomic mass is 9.90. The average Bonchev–Trinajstić information content (AvgIpc) is 2.97. The summed E-state index contributed by atoms with van der Waals surface area (Å²) >= 11 is 0. The molecule has 5 heterocycles. The van der Waals surface area contributed by atoms with Crippen molar-refractivity contribution in [1.29, 1.82) is 0 Å². The molecule has 11 nitrogen and oxygen atoms in total. The summed E-state index contributed by atoms with van der Waals surface area (Å²) in [6, 6.07) is 0.534. The van der Waals surface area contributed by atoms with Crippen LogP contribution in [0.4, 0.5) is 33.5 Å². The molecule has 45 heavy (non-hydrogen) atoms. The van der Waals surface area contributed by atoms with Gasteiger partial charge in [0.2, 0.25) is 5.88 Å². The first-order valence-electron chi connectivity index (χ1n) is 14.7. The molecule has 244 valence electrons. The first-order chi connectivity index (χ1) is 21.5. The Morgan fingerprint density at radius 1 is 1.11 bits per heavy atom. The fraction of sp³-hybridized carbons (Fsp3) is 0.552. The SMILES string of the molecule is Cc1c(F)c(N)cc(-c2nc3c4c(nc(OCCC5(N6CCOCC6)COC5)nc4c2F)NCNCC[C@H](C)O3)c1C(F)(F)F. The van der Waals surface area contributed by atoms with Gasteiger partial charge >= 0.3 is 12.2 Å². The number of anilines is 2. The van der Waals surface area contributed by atoms with Crippen LogP contribution in [0.5, 0.6) is 11.9 Å². The summed E-state index contributed by atoms with van der Waals surface area (Å²) in [5.74, 6) is -2.51. The minimum atomic E-state index is -5.05. The summed E-state index contributed by atoms with van der Waals surface area (Å²) < 4.78 is 96.9. The van der Waals surface area contributed by atoms with Crippen molar-refractivity contribution in [2.24, 2.45) is 0 Å². The molecule has 0 aliphatic carbocycles. The average molecular weight is 640 g/mol. The number of halogens is 5. The molecule has 1 aromatic carbocycles. The Hall–Kier alpha value is -3.60. The van der Waals surface area contributed by atoms with Crippen LogP contribution in [0.2, 0.25) is 0 Å². The molecule has 0 radical (unpaired) electrons. The minimum Gasteiger partial charge on any atom is -0.474 e. The number of alkyl halides is 3. The third-order valence-electron chi connectivity index (χ3n) is 8.44. The van der Waals surface area contributed by atoms with Gasteiger partial charge in [-0.25, -0.2) is 13.8 Å². The Morgan fingerprint density at radius 2 is 1.87 bits per heavy atom. The van der Waals surface area contributed by atoms with Crippen molar-refractivity contribution in [1.82, 2.24) is 25.2 Å². The van der Waals surface area contributed by atoms with Crippen LogP contribution in [0.15, 0.2) is 6.07 Å². The van der Waals surface area contributed by atoms with Gasteiger partial charge in [-0.2, -0.15) is 23.1 Å². The van der Waals surface area contributed by atoms with Crippen molar-refractivity contribution in [3.63, 3.8) is 0 Å². The Balaban J connectivity index is 1.45. The molecular formula is C29H34F5N7O4. The number of hydrogen-bond acceptors (Lipinski definition) is 11. The van der Waals surface area contributed by atoms with Gasteiger partial charge < -0.3 is 30.0 Å². The molecule has 0 bridgehead atoms. The summed E-state index contributed by atoms with van der Waals surface area (Å²) in [6.45, 7) is 7.42. The van der Waals surface area contributed by atoms with Gasteiger partial charge in [-0.3, -0.25) is 10.2 Å². The zero-order valence-electron chi connectivity index (χ0n) is 24.8. The summed E-state index contributed by atoms with van der Waals surface area (Å²) in [7, 11) is 0. The highest BCUT2D eigenvalue weighted by Gasteiger charge is 2.44. The zero-order valence-corrected chi connectivity index (χ0v) is 24.8. The number of morpholine rings is 1. The number of pyridine rings is 1. The van der Waals surface area contributed by atoms with E-state index >= 15 is 4.39 Å². The summed E-state index contributed by atoms with van der Waals surface area (Å²) in [5.41, 5.74) is 0.865. The Kier molecular flexibility index (Phi) is 8.58. The molecule has 0 spiro atoms. The molecule has 3 aliphatic rings. The quantitative estimate of drug-likeness (QED) is 0.269. The normalized spacial score (nSPS) is 20.6. The van der Waals surface area contributed by atoms with E-state index in [0.717, 1.165) is 26.1 Å². The minimum absolute atomic E-state index is 0.0247. The first kappa shape index (κ1) is 31.4.